The topological polar surface area (TPSA) is 63.2 Å². The van der Waals surface area contributed by atoms with Crippen LogP contribution >= 0.6 is 23.1 Å². The highest BCUT2D eigenvalue weighted by molar-refractivity contribution is 8.01. The maximum absolute atomic E-state index is 13.4. The minimum atomic E-state index is -0.130. The third kappa shape index (κ3) is 3.65. The number of carbonyl (C=O) groups is 2. The molecule has 1 fully saturated rings. The molecule has 2 aromatic carbocycles. The molecule has 0 saturated carbocycles. The summed E-state index contributed by atoms with van der Waals surface area (Å²) in [5.41, 5.74) is 3.51. The molecule has 154 valence electrons. The summed E-state index contributed by atoms with van der Waals surface area (Å²) < 4.78 is 0.818. The van der Waals surface area contributed by atoms with Gasteiger partial charge in [-0.2, -0.15) is 0 Å². The van der Waals surface area contributed by atoms with Crippen LogP contribution in [0.1, 0.15) is 39.3 Å². The van der Waals surface area contributed by atoms with Crippen LogP contribution in [-0.4, -0.2) is 45.6 Å². The van der Waals surface area contributed by atoms with Gasteiger partial charge in [-0.05, 0) is 54.5 Å². The number of hydrogen-bond donors (Lipinski definition) is 0. The molecule has 0 unspecified atom stereocenters. The van der Waals surface area contributed by atoms with Gasteiger partial charge in [0.25, 0.3) is 0 Å². The third-order valence-electron chi connectivity index (χ3n) is 6.11. The predicted octanol–water partition coefficient (Wildman–Crippen LogP) is 4.31. The molecule has 1 aliphatic heterocycles. The van der Waals surface area contributed by atoms with Gasteiger partial charge < -0.3 is 4.90 Å². The second-order valence-corrected chi connectivity index (χ2v) is 10.4. The molecule has 1 saturated heterocycles. The lowest BCUT2D eigenvalue weighted by atomic mass is 9.87. The van der Waals surface area contributed by atoms with Crippen molar-refractivity contribution in [2.24, 2.45) is 5.92 Å². The fourth-order valence-electron chi connectivity index (χ4n) is 4.65. The van der Waals surface area contributed by atoms with Gasteiger partial charge in [0.05, 0.1) is 5.75 Å². The van der Waals surface area contributed by atoms with Crippen LogP contribution in [0.25, 0.3) is 10.8 Å². The Morgan fingerprint density at radius 3 is 2.80 bits per heavy atom. The Balaban J connectivity index is 1.31. The molecule has 0 bridgehead atoms. The van der Waals surface area contributed by atoms with E-state index in [2.05, 4.69) is 34.5 Å². The summed E-state index contributed by atoms with van der Waals surface area (Å²) in [7, 11) is 0. The number of aromatic nitrogens is 2. The lowest BCUT2D eigenvalue weighted by molar-refractivity contribution is -0.129. The van der Waals surface area contributed by atoms with Crippen LogP contribution < -0.4 is 0 Å². The summed E-state index contributed by atoms with van der Waals surface area (Å²) >= 11 is 2.93. The van der Waals surface area contributed by atoms with Crippen LogP contribution in [0.5, 0.6) is 0 Å². The predicted molar refractivity (Wildman–Crippen MR) is 120 cm³/mol. The zero-order valence-corrected chi connectivity index (χ0v) is 18.5. The van der Waals surface area contributed by atoms with E-state index in [1.54, 1.807) is 0 Å². The van der Waals surface area contributed by atoms with Crippen molar-refractivity contribution in [1.82, 2.24) is 15.1 Å². The fourth-order valence-corrected chi connectivity index (χ4v) is 6.37. The molecule has 0 spiro atoms. The summed E-state index contributed by atoms with van der Waals surface area (Å²) in [5.74, 6) is 0.465. The molecule has 1 aliphatic carbocycles. The van der Waals surface area contributed by atoms with Crippen molar-refractivity contribution in [3.63, 3.8) is 0 Å². The van der Waals surface area contributed by atoms with Crippen LogP contribution in [-0.2, 0) is 17.6 Å². The van der Waals surface area contributed by atoms with Crippen LogP contribution in [0.2, 0.25) is 0 Å². The van der Waals surface area contributed by atoms with Crippen molar-refractivity contribution in [3.8, 4) is 0 Å². The molecule has 0 N–H and O–H groups in total. The summed E-state index contributed by atoms with van der Waals surface area (Å²) in [4.78, 5) is 28.0. The number of likely N-dealkylation sites (tertiary alicyclic amines) is 1. The first kappa shape index (κ1) is 19.7. The van der Waals surface area contributed by atoms with E-state index in [4.69, 9.17) is 0 Å². The monoisotopic (exact) mass is 437 g/mol. The minimum absolute atomic E-state index is 0.0748. The molecule has 5 rings (SSSR count). The van der Waals surface area contributed by atoms with E-state index in [1.165, 1.54) is 39.6 Å². The highest BCUT2D eigenvalue weighted by Crippen LogP contribution is 2.34. The lowest BCUT2D eigenvalue weighted by Gasteiger charge is -2.32. The van der Waals surface area contributed by atoms with Gasteiger partial charge in [-0.25, -0.2) is 0 Å². The lowest BCUT2D eigenvalue weighted by Crippen LogP contribution is -2.43. The minimum Gasteiger partial charge on any atom is -0.341 e. The van der Waals surface area contributed by atoms with Crippen LogP contribution in [0.4, 0.5) is 0 Å². The number of thioether (sulfide) groups is 1. The van der Waals surface area contributed by atoms with Gasteiger partial charge in [0.1, 0.15) is 5.01 Å². The average Bonchev–Trinajstić information content (AvgIpc) is 3.39. The van der Waals surface area contributed by atoms with Gasteiger partial charge in [0.15, 0.2) is 10.1 Å². The zero-order valence-electron chi connectivity index (χ0n) is 16.9. The van der Waals surface area contributed by atoms with Gasteiger partial charge in [-0.1, -0.05) is 53.4 Å². The molecule has 30 heavy (non-hydrogen) atoms. The Morgan fingerprint density at radius 2 is 2.00 bits per heavy atom. The Kier molecular flexibility index (Phi) is 5.33. The second-order valence-electron chi connectivity index (χ2n) is 8.03. The SMILES string of the molecule is Cc1nnc(SCC(=O)N2CCC[C@H](C(=O)c3ccc4c5c(cccc35)CC4)C2)s1. The number of rotatable bonds is 5. The molecule has 2 aliphatic rings. The molecule has 1 amide bonds. The van der Waals surface area contributed by atoms with E-state index in [-0.39, 0.29) is 17.6 Å². The summed E-state index contributed by atoms with van der Waals surface area (Å²) in [6.07, 6.45) is 3.82. The molecular weight excluding hydrogens is 414 g/mol. The van der Waals surface area contributed by atoms with Gasteiger partial charge in [-0.15, -0.1) is 10.2 Å². The van der Waals surface area contributed by atoms with Crippen LogP contribution in [0.15, 0.2) is 34.7 Å². The smallest absolute Gasteiger partial charge is 0.233 e. The molecule has 0 radical (unpaired) electrons. The van der Waals surface area contributed by atoms with Crippen molar-refractivity contribution >= 4 is 45.6 Å². The quantitative estimate of drug-likeness (QED) is 0.440. The first-order valence-electron chi connectivity index (χ1n) is 10.4. The number of Topliss-reactive ketones (excluding diaryl/α,β-unsaturated/α-hetero) is 1. The van der Waals surface area contributed by atoms with Gasteiger partial charge in [0.2, 0.25) is 5.91 Å². The highest BCUT2D eigenvalue weighted by Gasteiger charge is 2.30. The first-order chi connectivity index (χ1) is 14.6. The fraction of sp³-hybridized carbons (Fsp3) is 0.391. The molecule has 2 heterocycles. The number of aryl methyl sites for hydroxylation is 3. The highest BCUT2D eigenvalue weighted by atomic mass is 32.2. The zero-order chi connectivity index (χ0) is 20.7. The Bertz CT molecular complexity index is 1130. The normalized spacial score (nSPS) is 18.2. The van der Waals surface area contributed by atoms with Crippen molar-refractivity contribution in [2.45, 2.75) is 36.9 Å². The van der Waals surface area contributed by atoms with Crippen molar-refractivity contribution in [1.29, 1.82) is 0 Å². The Morgan fingerprint density at radius 1 is 1.17 bits per heavy atom. The average molecular weight is 438 g/mol. The van der Waals surface area contributed by atoms with Gasteiger partial charge in [-0.3, -0.25) is 9.59 Å². The van der Waals surface area contributed by atoms with E-state index in [9.17, 15) is 9.59 Å². The van der Waals surface area contributed by atoms with Gasteiger partial charge >= 0.3 is 0 Å². The van der Waals surface area contributed by atoms with Crippen molar-refractivity contribution in [3.05, 3.63) is 52.0 Å². The van der Waals surface area contributed by atoms with Gasteiger partial charge in [0, 0.05) is 24.6 Å². The van der Waals surface area contributed by atoms with E-state index >= 15 is 0 Å². The number of hydrogen-bond acceptors (Lipinski definition) is 6. The van der Waals surface area contributed by atoms with Crippen molar-refractivity contribution in [2.75, 3.05) is 18.8 Å². The molecule has 7 heteroatoms. The third-order valence-corrected chi connectivity index (χ3v) is 8.07. The van der Waals surface area contributed by atoms with E-state index in [1.807, 2.05) is 17.9 Å². The molecule has 1 atom stereocenters. The van der Waals surface area contributed by atoms with Crippen LogP contribution in [0.3, 0.4) is 0 Å². The van der Waals surface area contributed by atoms with E-state index in [0.717, 1.165) is 52.5 Å². The number of amides is 1. The maximum atomic E-state index is 13.4. The largest absolute Gasteiger partial charge is 0.341 e. The number of piperidine rings is 1. The summed E-state index contributed by atoms with van der Waals surface area (Å²) in [5, 5.41) is 11.3. The molecule has 5 nitrogen and oxygen atoms in total. The Labute approximate surface area is 183 Å². The number of benzene rings is 2. The maximum Gasteiger partial charge on any atom is 0.233 e. The number of nitrogens with zero attached hydrogens (tertiary/aromatic N) is 3. The van der Waals surface area contributed by atoms with Crippen LogP contribution in [0, 0.1) is 12.8 Å². The first-order valence-corrected chi connectivity index (χ1v) is 12.2. The molecular formula is C23H23N3O2S2. The number of carbonyl (C=O) groups excluding carboxylic acids is 2. The summed E-state index contributed by atoms with van der Waals surface area (Å²) in [6.45, 7) is 3.14. The Hall–Kier alpha value is -2.25. The molecule has 1 aromatic heterocycles. The summed E-state index contributed by atoms with van der Waals surface area (Å²) in [6, 6.07) is 10.4. The van der Waals surface area contributed by atoms with Crippen molar-refractivity contribution < 1.29 is 9.59 Å². The van der Waals surface area contributed by atoms with E-state index in [0.29, 0.717) is 12.3 Å². The molecule has 3 aromatic rings. The van der Waals surface area contributed by atoms with E-state index < -0.39 is 0 Å². The second kappa shape index (κ2) is 8.12. The number of ketones is 1. The standard InChI is InChI=1S/C23H23N3O2S2/c1-14-24-25-23(30-14)29-13-20(27)26-11-3-5-17(12-26)22(28)19-10-9-16-8-7-15-4-2-6-18(19)21(15)16/h2,4,6,9-10,17H,3,5,7-8,11-13H2,1H3/t17-/m0/s1.